The zero-order chi connectivity index (χ0) is 40.2. The van der Waals surface area contributed by atoms with Crippen LogP contribution in [0.5, 0.6) is 0 Å². The second-order valence-corrected chi connectivity index (χ2v) is 13.1. The number of carbonyl (C=O) groups is 8. The van der Waals surface area contributed by atoms with Crippen LogP contribution in [0.1, 0.15) is 86.0 Å². The molecule has 0 unspecified atom stereocenters. The van der Waals surface area contributed by atoms with Crippen LogP contribution in [0.4, 0.5) is 0 Å². The van der Waals surface area contributed by atoms with E-state index < -0.39 is 77.7 Å². The summed E-state index contributed by atoms with van der Waals surface area (Å²) in [6, 6.07) is -6.01. The number of nitrogens with two attached hydrogens (primary N) is 3. The van der Waals surface area contributed by atoms with Crippen molar-refractivity contribution in [3.63, 3.8) is 0 Å². The minimum atomic E-state index is -1.52. The molecule has 20 nitrogen and oxygen atoms in total. The van der Waals surface area contributed by atoms with Gasteiger partial charge in [-0.2, -0.15) is 0 Å². The predicted octanol–water partition coefficient (Wildman–Crippen LogP) is -3.68. The van der Waals surface area contributed by atoms with Crippen molar-refractivity contribution in [3.8, 4) is 0 Å². The molecule has 0 aliphatic carbocycles. The summed E-state index contributed by atoms with van der Waals surface area (Å²) < 4.78 is 0. The Morgan fingerprint density at radius 2 is 1.47 bits per heavy atom. The monoisotopic (exact) mass is 753 g/mol. The molecule has 0 aromatic rings. The maximum atomic E-state index is 13.9. The molecule has 7 atom stereocenters. The minimum Gasteiger partial charge on any atom is -0.391 e. The van der Waals surface area contributed by atoms with Crippen molar-refractivity contribution in [3.05, 3.63) is 0 Å². The molecule has 0 bridgehead atoms. The van der Waals surface area contributed by atoms with Gasteiger partial charge in [-0.25, -0.2) is 0 Å². The summed E-state index contributed by atoms with van der Waals surface area (Å²) in [5, 5.41) is 25.6. The third-order valence-corrected chi connectivity index (χ3v) is 8.66. The van der Waals surface area contributed by atoms with Gasteiger partial charge in [0, 0.05) is 45.9 Å². The maximum Gasteiger partial charge on any atom is 0.245 e. The molecule has 8 amide bonds. The third-order valence-electron chi connectivity index (χ3n) is 8.66. The van der Waals surface area contributed by atoms with Gasteiger partial charge in [0.2, 0.25) is 47.3 Å². The zero-order valence-electron chi connectivity index (χ0n) is 31.4. The smallest absolute Gasteiger partial charge is 0.245 e. The number of likely N-dealkylation sites (N-methyl/N-ethyl adjacent to an activating group) is 1. The van der Waals surface area contributed by atoms with Crippen molar-refractivity contribution in [2.45, 2.75) is 122 Å². The third kappa shape index (κ3) is 16.5. The van der Waals surface area contributed by atoms with Crippen molar-refractivity contribution in [1.29, 1.82) is 0 Å². The average Bonchev–Trinajstić information content (AvgIpc) is 3.58. The Hall–Kier alpha value is -5.01. The minimum absolute atomic E-state index is 0.0203. The molecule has 0 spiro atoms. The van der Waals surface area contributed by atoms with Crippen molar-refractivity contribution in [2.24, 2.45) is 28.1 Å². The quantitative estimate of drug-likeness (QED) is 0.0275. The first-order chi connectivity index (χ1) is 24.9. The Morgan fingerprint density at radius 3 is 2.04 bits per heavy atom. The first-order valence-corrected chi connectivity index (χ1v) is 18.0. The molecule has 53 heavy (non-hydrogen) atoms. The lowest BCUT2D eigenvalue weighted by Crippen LogP contribution is -2.61. The number of guanidine groups is 1. The van der Waals surface area contributed by atoms with Gasteiger partial charge in [-0.1, -0.05) is 20.3 Å². The Bertz CT molecular complexity index is 1320. The van der Waals surface area contributed by atoms with Gasteiger partial charge in [-0.05, 0) is 51.9 Å². The molecule has 20 heteroatoms. The van der Waals surface area contributed by atoms with E-state index in [1.165, 1.54) is 18.7 Å². The van der Waals surface area contributed by atoms with Crippen molar-refractivity contribution in [1.82, 2.24) is 36.8 Å². The number of aliphatic hydroxyl groups excluding tert-OH is 1. The molecule has 300 valence electrons. The number of nitrogens with zero attached hydrogens (tertiary/aromatic N) is 2. The lowest BCUT2D eigenvalue weighted by Gasteiger charge is -2.31. The molecule has 1 rings (SSSR count). The van der Waals surface area contributed by atoms with Gasteiger partial charge in [0.15, 0.2) is 5.96 Å². The number of carbonyl (C=O) groups excluding carboxylic acids is 8. The Kier molecular flexibility index (Phi) is 20.4. The van der Waals surface area contributed by atoms with Crippen molar-refractivity contribution in [2.75, 3.05) is 26.2 Å². The fourth-order valence-electron chi connectivity index (χ4n) is 5.59. The van der Waals surface area contributed by atoms with Crippen LogP contribution in [0, 0.1) is 5.92 Å². The van der Waals surface area contributed by atoms with Crippen LogP contribution in [0.2, 0.25) is 0 Å². The van der Waals surface area contributed by atoms with Gasteiger partial charge < -0.3 is 59.1 Å². The molecule has 1 saturated heterocycles. The maximum absolute atomic E-state index is 13.9. The fourth-order valence-corrected chi connectivity index (χ4v) is 5.59. The first-order valence-electron chi connectivity index (χ1n) is 18.0. The van der Waals surface area contributed by atoms with E-state index in [1.54, 1.807) is 20.8 Å². The number of primary amides is 1. The molecule has 0 aromatic carbocycles. The van der Waals surface area contributed by atoms with Crippen LogP contribution >= 0.6 is 0 Å². The van der Waals surface area contributed by atoms with Crippen molar-refractivity contribution >= 4 is 53.2 Å². The Labute approximate surface area is 309 Å². The lowest BCUT2D eigenvalue weighted by molar-refractivity contribution is -0.142. The molecule has 13 N–H and O–H groups in total. The normalized spacial score (nSPS) is 17.1. The summed E-state index contributed by atoms with van der Waals surface area (Å²) in [5.41, 5.74) is 16.2. The molecular weight excluding hydrogens is 694 g/mol. The lowest BCUT2D eigenvalue weighted by atomic mass is 9.96. The number of aliphatic hydroxyl groups is 1. The van der Waals surface area contributed by atoms with Gasteiger partial charge in [-0.15, -0.1) is 0 Å². The summed E-state index contributed by atoms with van der Waals surface area (Å²) >= 11 is 0. The zero-order valence-corrected chi connectivity index (χ0v) is 31.4. The topological polar surface area (TPSA) is 323 Å². The van der Waals surface area contributed by atoms with Crippen molar-refractivity contribution < 1.29 is 43.5 Å². The van der Waals surface area contributed by atoms with Crippen LogP contribution in [-0.4, -0.2) is 126 Å². The summed E-state index contributed by atoms with van der Waals surface area (Å²) in [6.07, 6.45) is -0.393. The molecule has 0 aromatic heterocycles. The summed E-state index contributed by atoms with van der Waals surface area (Å²) in [5.74, 6) is -5.77. The standard InChI is InChI=1S/C33H59N11O9/c1-6-18(3)26(30(51)41-22(10-8-15-39-33(35)36)32(53)44-17-9-11-23(44)29(50)37-7-2)43-28(49)21(12-13-24(34)47)40-31(52)27(19(4)45)42-25(48)14-16-38-20(5)46/h18-19,21-23,26-27,45H,6-17H2,1-5H3,(H2,34,47)(H,37,50)(H,38,46)(H,40,52)(H,41,51)(H,42,48)(H,43,49)(H4,35,36,39)/t18-,19+,21-,22-,23-,26-,27-/m0/s1. The molecule has 1 aliphatic rings. The largest absolute Gasteiger partial charge is 0.391 e. The average molecular weight is 754 g/mol. The van der Waals surface area contributed by atoms with E-state index in [4.69, 9.17) is 17.2 Å². The molecule has 0 saturated carbocycles. The van der Waals surface area contributed by atoms with Crippen LogP contribution in [-0.2, 0) is 38.4 Å². The second kappa shape index (κ2) is 23.5. The van der Waals surface area contributed by atoms with Gasteiger partial charge in [-0.3, -0.25) is 43.3 Å². The van der Waals surface area contributed by atoms with Gasteiger partial charge >= 0.3 is 0 Å². The summed E-state index contributed by atoms with van der Waals surface area (Å²) in [6.45, 7) is 8.58. The molecular formula is C33H59N11O9. The highest BCUT2D eigenvalue weighted by atomic mass is 16.3. The highest BCUT2D eigenvalue weighted by Crippen LogP contribution is 2.20. The number of hydrogen-bond acceptors (Lipinski definition) is 10. The van der Waals surface area contributed by atoms with E-state index in [-0.39, 0.29) is 56.5 Å². The number of aliphatic imine (C=N–C) groups is 1. The number of hydrogen-bond donors (Lipinski definition) is 10. The van der Waals surface area contributed by atoms with Crippen LogP contribution < -0.4 is 49.1 Å². The van der Waals surface area contributed by atoms with Crippen LogP contribution in [0.15, 0.2) is 4.99 Å². The van der Waals surface area contributed by atoms with E-state index in [9.17, 15) is 43.5 Å². The molecule has 1 fully saturated rings. The van der Waals surface area contributed by atoms with E-state index in [0.29, 0.717) is 38.8 Å². The number of nitrogens with one attached hydrogen (secondary N) is 6. The van der Waals surface area contributed by atoms with Gasteiger partial charge in [0.25, 0.3) is 0 Å². The van der Waals surface area contributed by atoms with E-state index in [0.717, 1.165) is 0 Å². The van der Waals surface area contributed by atoms with Crippen LogP contribution in [0.25, 0.3) is 0 Å². The summed E-state index contributed by atoms with van der Waals surface area (Å²) in [4.78, 5) is 108. The fraction of sp³-hybridized carbons (Fsp3) is 0.727. The predicted molar refractivity (Wildman–Crippen MR) is 194 cm³/mol. The number of amides is 8. The van der Waals surface area contributed by atoms with Gasteiger partial charge in [0.1, 0.15) is 30.2 Å². The number of rotatable bonds is 23. The molecule has 0 radical (unpaired) electrons. The second-order valence-electron chi connectivity index (χ2n) is 13.1. The van der Waals surface area contributed by atoms with E-state index >= 15 is 0 Å². The van der Waals surface area contributed by atoms with Gasteiger partial charge in [0.05, 0.1) is 6.10 Å². The Morgan fingerprint density at radius 1 is 0.830 bits per heavy atom. The first kappa shape index (κ1) is 46.0. The highest BCUT2D eigenvalue weighted by molar-refractivity contribution is 5.97. The Balaban J connectivity index is 3.29. The number of likely N-dealkylation sites (tertiary alicyclic amines) is 1. The highest BCUT2D eigenvalue weighted by Gasteiger charge is 2.39. The van der Waals surface area contributed by atoms with E-state index in [2.05, 4.69) is 36.9 Å². The van der Waals surface area contributed by atoms with Crippen LogP contribution in [0.3, 0.4) is 0 Å². The molecule has 1 heterocycles. The SMILES string of the molecule is CCNC(=O)[C@@H]1CCCN1C(=O)[C@H](CCCN=C(N)N)NC(=O)[C@@H](NC(=O)[C@H](CCC(N)=O)NC(=O)[C@@H](NC(=O)CCNC(C)=O)[C@@H](C)O)[C@@H](C)CC. The molecule has 1 aliphatic heterocycles. The summed E-state index contributed by atoms with van der Waals surface area (Å²) in [7, 11) is 0. The van der Waals surface area contributed by atoms with E-state index in [1.807, 2.05) is 0 Å².